The number of rotatable bonds is 6. The van der Waals surface area contributed by atoms with E-state index in [1.54, 1.807) is 63.4 Å². The lowest BCUT2D eigenvalue weighted by Gasteiger charge is -2.29. The van der Waals surface area contributed by atoms with Crippen molar-refractivity contribution in [2.75, 3.05) is 12.4 Å². The van der Waals surface area contributed by atoms with Crippen molar-refractivity contribution < 1.29 is 43.3 Å². The molecule has 10 heteroatoms. The number of carbonyl (C=O) groups is 4. The standard InChI is InChI=1S/C35H29NO9/c1-15-22-12-9-20(13-24(22)44-32(15)31(41)19-7-10-21(43-6)11-8-19)36-17(3)26-23(38)14-25-35(5,34(26)42)28-30(40)16(2)29(39)27(18(4)37)33(28)45-25/h7-14,36,39-40H,1-6H3/t35-/m0/s1. The van der Waals surface area contributed by atoms with E-state index in [1.165, 1.54) is 20.8 Å². The van der Waals surface area contributed by atoms with Crippen LogP contribution in [0, 0.1) is 13.8 Å². The van der Waals surface area contributed by atoms with E-state index in [0.29, 0.717) is 28.1 Å². The van der Waals surface area contributed by atoms with Crippen LogP contribution in [0.1, 0.15) is 63.9 Å². The Bertz CT molecular complexity index is 2080. The predicted molar refractivity (Wildman–Crippen MR) is 164 cm³/mol. The summed E-state index contributed by atoms with van der Waals surface area (Å²) in [5.74, 6) is -2.32. The van der Waals surface area contributed by atoms with Gasteiger partial charge in [0.1, 0.15) is 45.3 Å². The number of hydrogen-bond donors (Lipinski definition) is 3. The van der Waals surface area contributed by atoms with E-state index in [9.17, 15) is 29.4 Å². The second kappa shape index (κ2) is 10.2. The molecule has 3 aromatic carbocycles. The van der Waals surface area contributed by atoms with E-state index < -0.39 is 34.3 Å². The smallest absolute Gasteiger partial charge is 0.228 e. The molecule has 0 saturated heterocycles. The van der Waals surface area contributed by atoms with Gasteiger partial charge in [0.25, 0.3) is 0 Å². The third-order valence-corrected chi connectivity index (χ3v) is 8.59. The van der Waals surface area contributed by atoms with Gasteiger partial charge in [-0.05, 0) is 71.0 Å². The Kier molecular flexibility index (Phi) is 6.69. The van der Waals surface area contributed by atoms with Crippen LogP contribution < -0.4 is 14.8 Å². The molecule has 0 saturated carbocycles. The summed E-state index contributed by atoms with van der Waals surface area (Å²) in [7, 11) is 1.54. The molecule has 0 fully saturated rings. The number of aromatic hydroxyl groups is 2. The zero-order valence-corrected chi connectivity index (χ0v) is 25.4. The Labute approximate surface area is 257 Å². The average molecular weight is 608 g/mol. The van der Waals surface area contributed by atoms with Gasteiger partial charge in [-0.15, -0.1) is 0 Å². The quantitative estimate of drug-likeness (QED) is 0.136. The lowest BCUT2D eigenvalue weighted by molar-refractivity contribution is -0.123. The number of allylic oxidation sites excluding steroid dienone is 4. The SMILES string of the molecule is COc1ccc(C(=O)c2oc3cc(NC(C)=C4C(=O)C=C5Oc6c(C(C)=O)c(O)c(C)c(O)c6[C@@]5(C)C4=O)ccc3c2C)cc1. The van der Waals surface area contributed by atoms with E-state index in [4.69, 9.17) is 13.9 Å². The number of ketones is 4. The van der Waals surface area contributed by atoms with Crippen LogP contribution in [0.25, 0.3) is 11.0 Å². The molecule has 0 unspecified atom stereocenters. The second-order valence-corrected chi connectivity index (χ2v) is 11.3. The van der Waals surface area contributed by atoms with Crippen molar-refractivity contribution in [2.24, 2.45) is 0 Å². The molecular formula is C35H29NO9. The van der Waals surface area contributed by atoms with Crippen molar-refractivity contribution >= 4 is 39.8 Å². The summed E-state index contributed by atoms with van der Waals surface area (Å²) in [6, 6.07) is 11.9. The molecule has 4 aromatic rings. The highest BCUT2D eigenvalue weighted by Crippen LogP contribution is 2.57. The summed E-state index contributed by atoms with van der Waals surface area (Å²) in [5, 5.41) is 25.4. The number of carbonyl (C=O) groups excluding carboxylic acids is 4. The van der Waals surface area contributed by atoms with Crippen molar-refractivity contribution in [3.05, 3.63) is 99.1 Å². The molecule has 2 aliphatic rings. The third kappa shape index (κ3) is 4.24. The summed E-state index contributed by atoms with van der Waals surface area (Å²) in [4.78, 5) is 53.1. The Morgan fingerprint density at radius 2 is 1.64 bits per heavy atom. The number of aryl methyl sites for hydroxylation is 1. The minimum absolute atomic E-state index is 0.0126. The van der Waals surface area contributed by atoms with Gasteiger partial charge in [-0.25, -0.2) is 0 Å². The zero-order valence-electron chi connectivity index (χ0n) is 25.4. The first kappa shape index (κ1) is 29.4. The molecular weight excluding hydrogens is 578 g/mol. The first-order chi connectivity index (χ1) is 21.3. The summed E-state index contributed by atoms with van der Waals surface area (Å²) >= 11 is 0. The normalized spacial score (nSPS) is 18.2. The summed E-state index contributed by atoms with van der Waals surface area (Å²) in [6.45, 7) is 7.53. The van der Waals surface area contributed by atoms with Crippen LogP contribution >= 0.6 is 0 Å². The molecule has 228 valence electrons. The molecule has 1 aliphatic carbocycles. The average Bonchev–Trinajstić information content (AvgIpc) is 3.49. The number of anilines is 1. The highest BCUT2D eigenvalue weighted by molar-refractivity contribution is 6.31. The van der Waals surface area contributed by atoms with Gasteiger partial charge in [-0.1, -0.05) is 0 Å². The Balaban J connectivity index is 1.37. The number of nitrogens with one attached hydrogen (secondary N) is 1. The minimum atomic E-state index is -1.63. The van der Waals surface area contributed by atoms with Crippen molar-refractivity contribution in [1.29, 1.82) is 0 Å². The van der Waals surface area contributed by atoms with Gasteiger partial charge in [0.2, 0.25) is 5.78 Å². The van der Waals surface area contributed by atoms with Crippen LogP contribution in [0.3, 0.4) is 0 Å². The third-order valence-electron chi connectivity index (χ3n) is 8.59. The monoisotopic (exact) mass is 607 g/mol. The molecule has 2 heterocycles. The highest BCUT2D eigenvalue weighted by atomic mass is 16.5. The van der Waals surface area contributed by atoms with Gasteiger partial charge >= 0.3 is 0 Å². The number of methoxy groups -OCH3 is 1. The lowest BCUT2D eigenvalue weighted by atomic mass is 9.70. The van der Waals surface area contributed by atoms with E-state index in [0.717, 1.165) is 11.5 Å². The molecule has 3 N–H and O–H groups in total. The number of Topliss-reactive ketones (excluding diaryl/α,β-unsaturated/α-hetero) is 2. The predicted octanol–water partition coefficient (Wildman–Crippen LogP) is 5.97. The number of hydrogen-bond acceptors (Lipinski definition) is 10. The Hall–Kier alpha value is -5.64. The maximum Gasteiger partial charge on any atom is 0.228 e. The molecule has 1 aliphatic heterocycles. The van der Waals surface area contributed by atoms with Gasteiger partial charge in [0.15, 0.2) is 23.1 Å². The number of phenols is 2. The zero-order chi connectivity index (χ0) is 32.5. The van der Waals surface area contributed by atoms with Crippen LogP contribution in [-0.2, 0) is 15.0 Å². The molecule has 0 bridgehead atoms. The number of phenolic OH excluding ortho intramolecular Hbond substituents is 2. The fraction of sp³-hybridized carbons (Fsp3) is 0.200. The Morgan fingerprint density at radius 1 is 0.956 bits per heavy atom. The van der Waals surface area contributed by atoms with Crippen molar-refractivity contribution in [3.63, 3.8) is 0 Å². The van der Waals surface area contributed by atoms with Crippen LogP contribution in [0.15, 0.2) is 70.0 Å². The number of ether oxygens (including phenoxy) is 2. The van der Waals surface area contributed by atoms with Crippen molar-refractivity contribution in [2.45, 2.75) is 40.0 Å². The molecule has 0 radical (unpaired) electrons. The molecule has 0 spiro atoms. The van der Waals surface area contributed by atoms with Gasteiger partial charge in [-0.3, -0.25) is 19.2 Å². The fourth-order valence-electron chi connectivity index (χ4n) is 6.03. The Morgan fingerprint density at radius 3 is 2.29 bits per heavy atom. The van der Waals surface area contributed by atoms with E-state index in [2.05, 4.69) is 5.32 Å². The van der Waals surface area contributed by atoms with Crippen molar-refractivity contribution in [3.8, 4) is 23.0 Å². The molecule has 0 amide bonds. The van der Waals surface area contributed by atoms with Crippen LogP contribution in [0.2, 0.25) is 0 Å². The maximum absolute atomic E-state index is 14.1. The van der Waals surface area contributed by atoms with Crippen LogP contribution in [-0.4, -0.2) is 40.5 Å². The minimum Gasteiger partial charge on any atom is -0.507 e. The van der Waals surface area contributed by atoms with Crippen LogP contribution in [0.4, 0.5) is 5.69 Å². The first-order valence-electron chi connectivity index (χ1n) is 14.1. The fourth-order valence-corrected chi connectivity index (χ4v) is 6.03. The van der Waals surface area contributed by atoms with Crippen LogP contribution in [0.5, 0.6) is 23.0 Å². The maximum atomic E-state index is 14.1. The molecule has 6 rings (SSSR count). The molecule has 10 nitrogen and oxygen atoms in total. The lowest BCUT2D eigenvalue weighted by Crippen LogP contribution is -2.40. The van der Waals surface area contributed by atoms with Gasteiger partial charge in [0, 0.05) is 45.6 Å². The summed E-state index contributed by atoms with van der Waals surface area (Å²) in [5.41, 5.74) is 0.316. The largest absolute Gasteiger partial charge is 0.507 e. The molecule has 1 atom stereocenters. The summed E-state index contributed by atoms with van der Waals surface area (Å²) < 4.78 is 17.0. The van der Waals surface area contributed by atoms with E-state index in [-0.39, 0.29) is 51.0 Å². The number of furan rings is 1. The molecule has 1 aromatic heterocycles. The topological polar surface area (TPSA) is 152 Å². The number of benzene rings is 3. The molecule has 45 heavy (non-hydrogen) atoms. The van der Waals surface area contributed by atoms with E-state index in [1.807, 2.05) is 0 Å². The van der Waals surface area contributed by atoms with Gasteiger partial charge < -0.3 is 29.4 Å². The van der Waals surface area contributed by atoms with Gasteiger partial charge in [0.05, 0.1) is 18.2 Å². The van der Waals surface area contributed by atoms with Crippen molar-refractivity contribution in [1.82, 2.24) is 0 Å². The number of fused-ring (bicyclic) bond motifs is 4. The summed E-state index contributed by atoms with van der Waals surface area (Å²) in [6.07, 6.45) is 1.16. The first-order valence-corrected chi connectivity index (χ1v) is 14.1. The highest BCUT2D eigenvalue weighted by Gasteiger charge is 2.56. The second-order valence-electron chi connectivity index (χ2n) is 11.3. The van der Waals surface area contributed by atoms with E-state index >= 15 is 0 Å². The van der Waals surface area contributed by atoms with Gasteiger partial charge in [-0.2, -0.15) is 0 Å².